The Morgan fingerprint density at radius 1 is 1.18 bits per heavy atom. The van der Waals surface area contributed by atoms with Gasteiger partial charge in [-0.1, -0.05) is 58.5 Å². The van der Waals surface area contributed by atoms with Gasteiger partial charge in [0.25, 0.3) is 0 Å². The first-order valence-corrected chi connectivity index (χ1v) is 11.0. The fourth-order valence-electron chi connectivity index (χ4n) is 2.25. The molecule has 0 radical (unpaired) electrons. The van der Waals surface area contributed by atoms with Crippen LogP contribution in [0.4, 0.5) is 0 Å². The summed E-state index contributed by atoms with van der Waals surface area (Å²) in [5.41, 5.74) is 9.48. The van der Waals surface area contributed by atoms with Gasteiger partial charge in [0.1, 0.15) is 13.6 Å². The van der Waals surface area contributed by atoms with E-state index in [0.29, 0.717) is 12.0 Å². The summed E-state index contributed by atoms with van der Waals surface area (Å²) < 4.78 is 0. The number of benzene rings is 1. The van der Waals surface area contributed by atoms with E-state index in [4.69, 9.17) is 5.73 Å². The normalized spacial score (nSPS) is 14.7. The molecular weight excluding hydrogens is 290 g/mol. The SMILES string of the molecule is CC(C)(C)C[C@](N)(C(=O)O)c1ccc(C#C[Si](C)(C)C)cc1. The van der Waals surface area contributed by atoms with Gasteiger partial charge in [-0.25, -0.2) is 4.79 Å². The number of aliphatic carboxylic acids is 1. The van der Waals surface area contributed by atoms with E-state index in [1.165, 1.54) is 0 Å². The lowest BCUT2D eigenvalue weighted by Gasteiger charge is -2.32. The Morgan fingerprint density at radius 2 is 1.68 bits per heavy atom. The number of hydrogen-bond acceptors (Lipinski definition) is 2. The minimum Gasteiger partial charge on any atom is -0.480 e. The molecule has 0 aliphatic carbocycles. The summed E-state index contributed by atoms with van der Waals surface area (Å²) in [6, 6.07) is 7.29. The molecule has 1 rings (SSSR count). The number of carbonyl (C=O) groups is 1. The highest BCUT2D eigenvalue weighted by Crippen LogP contribution is 2.33. The summed E-state index contributed by atoms with van der Waals surface area (Å²) in [5.74, 6) is 2.17. The molecule has 3 nitrogen and oxygen atoms in total. The Hall–Kier alpha value is -1.57. The third-order valence-corrected chi connectivity index (χ3v) is 4.05. The van der Waals surface area contributed by atoms with Crippen LogP contribution in [-0.4, -0.2) is 19.1 Å². The zero-order valence-electron chi connectivity index (χ0n) is 14.4. The second kappa shape index (κ2) is 6.27. The molecule has 1 atom stereocenters. The van der Waals surface area contributed by atoms with E-state index in [1.807, 2.05) is 32.9 Å². The molecule has 0 aliphatic rings. The number of nitrogens with two attached hydrogens (primary N) is 1. The standard InChI is InChI=1S/C18H27NO2Si/c1-17(2,3)13-18(19,16(20)21)15-9-7-14(8-10-15)11-12-22(4,5)6/h7-10H,13,19H2,1-6H3,(H,20,21)/t18-/m1/s1. The Bertz CT molecular complexity index is 597. The highest BCUT2D eigenvalue weighted by Gasteiger charge is 2.39. The van der Waals surface area contributed by atoms with E-state index < -0.39 is 19.6 Å². The van der Waals surface area contributed by atoms with Crippen molar-refractivity contribution in [3.63, 3.8) is 0 Å². The molecule has 0 heterocycles. The number of hydrogen-bond donors (Lipinski definition) is 2. The van der Waals surface area contributed by atoms with Crippen molar-refractivity contribution in [2.24, 2.45) is 11.1 Å². The van der Waals surface area contributed by atoms with Crippen LogP contribution in [0, 0.1) is 16.9 Å². The molecule has 0 spiro atoms. The number of rotatable bonds is 3. The first kappa shape index (κ1) is 18.5. The van der Waals surface area contributed by atoms with Crippen LogP contribution in [0.15, 0.2) is 24.3 Å². The molecule has 0 fully saturated rings. The molecule has 0 saturated carbocycles. The van der Waals surface area contributed by atoms with Crippen molar-refractivity contribution < 1.29 is 9.90 Å². The molecule has 0 amide bonds. The lowest BCUT2D eigenvalue weighted by atomic mass is 9.76. The van der Waals surface area contributed by atoms with Gasteiger partial charge >= 0.3 is 5.97 Å². The molecule has 1 aromatic rings. The van der Waals surface area contributed by atoms with Crippen molar-refractivity contribution in [1.82, 2.24) is 0 Å². The molecule has 0 unspecified atom stereocenters. The van der Waals surface area contributed by atoms with Crippen LogP contribution >= 0.6 is 0 Å². The van der Waals surface area contributed by atoms with Crippen LogP contribution in [0.2, 0.25) is 19.6 Å². The maximum atomic E-state index is 11.7. The van der Waals surface area contributed by atoms with Crippen molar-refractivity contribution in [3.05, 3.63) is 35.4 Å². The first-order valence-electron chi connectivity index (χ1n) is 7.49. The van der Waals surface area contributed by atoms with Crippen molar-refractivity contribution in [1.29, 1.82) is 0 Å². The number of carboxylic acids is 1. The zero-order chi connectivity index (χ0) is 17.2. The molecule has 0 bridgehead atoms. The zero-order valence-corrected chi connectivity index (χ0v) is 15.4. The van der Waals surface area contributed by atoms with Crippen LogP contribution in [0.5, 0.6) is 0 Å². The largest absolute Gasteiger partial charge is 0.480 e. The van der Waals surface area contributed by atoms with Crippen molar-refractivity contribution in [2.45, 2.75) is 52.4 Å². The van der Waals surface area contributed by atoms with Gasteiger partial charge in [0.05, 0.1) is 0 Å². The van der Waals surface area contributed by atoms with Crippen LogP contribution in [-0.2, 0) is 10.3 Å². The predicted octanol–water partition coefficient (Wildman–Crippen LogP) is 3.59. The van der Waals surface area contributed by atoms with Crippen molar-refractivity contribution in [3.8, 4) is 11.5 Å². The second-order valence-corrected chi connectivity index (χ2v) is 12.8. The summed E-state index contributed by atoms with van der Waals surface area (Å²) >= 11 is 0. The minimum absolute atomic E-state index is 0.177. The fraction of sp³-hybridized carbons (Fsp3) is 0.500. The van der Waals surface area contributed by atoms with E-state index in [0.717, 1.165) is 5.56 Å². The predicted molar refractivity (Wildman–Crippen MR) is 94.2 cm³/mol. The van der Waals surface area contributed by atoms with E-state index in [9.17, 15) is 9.90 Å². The van der Waals surface area contributed by atoms with Gasteiger partial charge in [-0.2, -0.15) is 0 Å². The maximum absolute atomic E-state index is 11.7. The highest BCUT2D eigenvalue weighted by atomic mass is 28.3. The topological polar surface area (TPSA) is 63.3 Å². The van der Waals surface area contributed by atoms with Gasteiger partial charge < -0.3 is 10.8 Å². The Balaban J connectivity index is 3.14. The molecule has 3 N–H and O–H groups in total. The molecular formula is C18H27NO2Si. The van der Waals surface area contributed by atoms with Crippen LogP contribution < -0.4 is 5.73 Å². The molecule has 0 aliphatic heterocycles. The molecule has 0 saturated heterocycles. The minimum atomic E-state index is -1.42. The van der Waals surface area contributed by atoms with Gasteiger partial charge in [-0.15, -0.1) is 5.54 Å². The smallest absolute Gasteiger partial charge is 0.328 e. The summed E-state index contributed by atoms with van der Waals surface area (Å²) in [4.78, 5) is 11.7. The van der Waals surface area contributed by atoms with Gasteiger partial charge in [0, 0.05) is 5.56 Å². The summed E-state index contributed by atoms with van der Waals surface area (Å²) in [7, 11) is -1.42. The third-order valence-electron chi connectivity index (χ3n) is 3.17. The Labute approximate surface area is 134 Å². The first-order chi connectivity index (χ1) is 9.83. The third kappa shape index (κ3) is 5.32. The van der Waals surface area contributed by atoms with Crippen molar-refractivity contribution >= 4 is 14.0 Å². The summed E-state index contributed by atoms with van der Waals surface area (Å²) in [6.07, 6.45) is 0.370. The molecule has 0 aromatic heterocycles. The van der Waals surface area contributed by atoms with Crippen LogP contribution in [0.3, 0.4) is 0 Å². The summed E-state index contributed by atoms with van der Waals surface area (Å²) in [5, 5.41) is 9.58. The van der Waals surface area contributed by atoms with Crippen LogP contribution in [0.25, 0.3) is 0 Å². The quantitative estimate of drug-likeness (QED) is 0.661. The number of carboxylic acid groups (broad SMARTS) is 1. The van der Waals surface area contributed by atoms with Gasteiger partial charge in [-0.05, 0) is 29.5 Å². The fourth-order valence-corrected chi connectivity index (χ4v) is 2.77. The van der Waals surface area contributed by atoms with Crippen molar-refractivity contribution in [2.75, 3.05) is 0 Å². The van der Waals surface area contributed by atoms with E-state index >= 15 is 0 Å². The Kier molecular flexibility index (Phi) is 5.27. The van der Waals surface area contributed by atoms with Gasteiger partial charge in [0.2, 0.25) is 0 Å². The molecule has 1 aromatic carbocycles. The summed E-state index contributed by atoms with van der Waals surface area (Å²) in [6.45, 7) is 12.5. The molecule has 4 heteroatoms. The van der Waals surface area contributed by atoms with E-state index in [-0.39, 0.29) is 5.41 Å². The molecule has 22 heavy (non-hydrogen) atoms. The lowest BCUT2D eigenvalue weighted by molar-refractivity contribution is -0.145. The molecule has 120 valence electrons. The van der Waals surface area contributed by atoms with Crippen LogP contribution in [0.1, 0.15) is 38.3 Å². The average molecular weight is 318 g/mol. The van der Waals surface area contributed by atoms with E-state index in [2.05, 4.69) is 31.1 Å². The second-order valence-electron chi connectivity index (χ2n) is 8.09. The highest BCUT2D eigenvalue weighted by molar-refractivity contribution is 6.83. The average Bonchev–Trinajstić information content (AvgIpc) is 2.33. The van der Waals surface area contributed by atoms with Gasteiger partial charge in [0.15, 0.2) is 0 Å². The monoisotopic (exact) mass is 317 g/mol. The lowest BCUT2D eigenvalue weighted by Crippen LogP contribution is -2.47. The van der Waals surface area contributed by atoms with Gasteiger partial charge in [-0.3, -0.25) is 0 Å². The Morgan fingerprint density at radius 3 is 2.05 bits per heavy atom. The van der Waals surface area contributed by atoms with E-state index in [1.54, 1.807) is 12.1 Å². The maximum Gasteiger partial charge on any atom is 0.328 e.